The maximum Gasteiger partial charge on any atom is 0.227 e. The lowest BCUT2D eigenvalue weighted by molar-refractivity contribution is -0.116. The molecule has 0 aromatic heterocycles. The Kier molecular flexibility index (Phi) is 2.85. The Hall–Kier alpha value is -1.57. The van der Waals surface area contributed by atoms with Crippen molar-refractivity contribution in [2.75, 3.05) is 4.90 Å². The molecule has 0 saturated carbocycles. The van der Waals surface area contributed by atoms with Crippen molar-refractivity contribution in [3.8, 4) is 0 Å². The second-order valence-corrected chi connectivity index (χ2v) is 2.86. The maximum atomic E-state index is 11.2. The van der Waals surface area contributed by atoms with Gasteiger partial charge in [-0.3, -0.25) is 9.69 Å². The summed E-state index contributed by atoms with van der Waals surface area (Å²) in [7, 11) is 0. The van der Waals surface area contributed by atoms with Crippen molar-refractivity contribution in [2.24, 2.45) is 0 Å². The second kappa shape index (κ2) is 3.90. The van der Waals surface area contributed by atoms with Crippen molar-refractivity contribution in [3.05, 3.63) is 42.6 Å². The number of para-hydroxylation sites is 1. The molecular formula is C11H13NO. The first-order valence-electron chi connectivity index (χ1n) is 4.15. The number of rotatable bonds is 2. The summed E-state index contributed by atoms with van der Waals surface area (Å²) in [5.74, 6) is -0.0238. The number of amides is 1. The van der Waals surface area contributed by atoms with Gasteiger partial charge in [0.15, 0.2) is 0 Å². The Balaban J connectivity index is 3.12. The monoisotopic (exact) mass is 175 g/mol. The van der Waals surface area contributed by atoms with E-state index in [4.69, 9.17) is 0 Å². The fraction of sp³-hybridized carbons (Fsp3) is 0.182. The van der Waals surface area contributed by atoms with E-state index in [0.29, 0.717) is 0 Å². The van der Waals surface area contributed by atoms with Gasteiger partial charge in [0.05, 0.1) is 5.69 Å². The molecule has 1 aromatic carbocycles. The van der Waals surface area contributed by atoms with Gasteiger partial charge >= 0.3 is 0 Å². The van der Waals surface area contributed by atoms with Crippen LogP contribution in [0, 0.1) is 6.92 Å². The third-order valence-corrected chi connectivity index (χ3v) is 1.90. The van der Waals surface area contributed by atoms with Crippen LogP contribution in [0.15, 0.2) is 37.0 Å². The van der Waals surface area contributed by atoms with Crippen molar-refractivity contribution in [2.45, 2.75) is 13.8 Å². The van der Waals surface area contributed by atoms with Crippen LogP contribution >= 0.6 is 0 Å². The number of hydrogen-bond acceptors (Lipinski definition) is 1. The van der Waals surface area contributed by atoms with Crippen LogP contribution in [0.3, 0.4) is 0 Å². The molecule has 68 valence electrons. The van der Waals surface area contributed by atoms with Crippen molar-refractivity contribution in [1.29, 1.82) is 0 Å². The van der Waals surface area contributed by atoms with E-state index in [-0.39, 0.29) is 5.91 Å². The lowest BCUT2D eigenvalue weighted by Crippen LogP contribution is -2.22. The number of carbonyl (C=O) groups excluding carboxylic acids is 1. The first-order valence-corrected chi connectivity index (χ1v) is 4.15. The summed E-state index contributed by atoms with van der Waals surface area (Å²) < 4.78 is 0. The molecule has 0 fully saturated rings. The minimum atomic E-state index is -0.0238. The minimum Gasteiger partial charge on any atom is -0.288 e. The van der Waals surface area contributed by atoms with Crippen LogP contribution in [0.4, 0.5) is 5.69 Å². The fourth-order valence-corrected chi connectivity index (χ4v) is 1.23. The predicted octanol–water partition coefficient (Wildman–Crippen LogP) is 2.49. The molecule has 2 nitrogen and oxygen atoms in total. The van der Waals surface area contributed by atoms with Crippen LogP contribution in [0.2, 0.25) is 0 Å². The van der Waals surface area contributed by atoms with Gasteiger partial charge in [0.2, 0.25) is 5.91 Å². The van der Waals surface area contributed by atoms with E-state index < -0.39 is 0 Å². The molecule has 1 rings (SSSR count). The topological polar surface area (TPSA) is 20.3 Å². The number of benzene rings is 1. The molecule has 0 heterocycles. The second-order valence-electron chi connectivity index (χ2n) is 2.86. The Labute approximate surface area is 78.5 Å². The SMILES string of the molecule is C=CN(C(C)=O)c1ccccc1C. The highest BCUT2D eigenvalue weighted by atomic mass is 16.2. The number of aryl methyl sites for hydroxylation is 1. The Morgan fingerprint density at radius 2 is 2.08 bits per heavy atom. The number of hydrogen-bond donors (Lipinski definition) is 0. The van der Waals surface area contributed by atoms with Gasteiger partial charge in [0.1, 0.15) is 0 Å². The smallest absolute Gasteiger partial charge is 0.227 e. The van der Waals surface area contributed by atoms with E-state index in [1.807, 2.05) is 31.2 Å². The minimum absolute atomic E-state index is 0.0238. The molecular weight excluding hydrogens is 162 g/mol. The number of nitrogens with zero attached hydrogens (tertiary/aromatic N) is 1. The van der Waals surface area contributed by atoms with Gasteiger partial charge in [-0.25, -0.2) is 0 Å². The Morgan fingerprint density at radius 1 is 1.46 bits per heavy atom. The van der Waals surface area contributed by atoms with Crippen molar-refractivity contribution >= 4 is 11.6 Å². The average molecular weight is 175 g/mol. The Morgan fingerprint density at radius 3 is 2.54 bits per heavy atom. The van der Waals surface area contributed by atoms with Gasteiger partial charge in [-0.2, -0.15) is 0 Å². The number of carbonyl (C=O) groups is 1. The van der Waals surface area contributed by atoms with Gasteiger partial charge in [-0.1, -0.05) is 24.8 Å². The number of anilines is 1. The molecule has 0 spiro atoms. The largest absolute Gasteiger partial charge is 0.288 e. The zero-order chi connectivity index (χ0) is 9.84. The van der Waals surface area contributed by atoms with Crippen LogP contribution in [-0.4, -0.2) is 5.91 Å². The van der Waals surface area contributed by atoms with Crippen molar-refractivity contribution in [3.63, 3.8) is 0 Å². The first-order chi connectivity index (χ1) is 6.16. The molecule has 1 amide bonds. The summed E-state index contributed by atoms with van der Waals surface area (Å²) in [6, 6.07) is 7.72. The molecule has 0 N–H and O–H groups in total. The quantitative estimate of drug-likeness (QED) is 0.676. The highest BCUT2D eigenvalue weighted by molar-refractivity contribution is 5.93. The summed E-state index contributed by atoms with van der Waals surface area (Å²) in [6.45, 7) is 7.09. The van der Waals surface area contributed by atoms with E-state index in [0.717, 1.165) is 11.3 Å². The molecule has 13 heavy (non-hydrogen) atoms. The van der Waals surface area contributed by atoms with Crippen LogP contribution in [0.25, 0.3) is 0 Å². The first kappa shape index (κ1) is 9.52. The average Bonchev–Trinajstić information content (AvgIpc) is 2.09. The highest BCUT2D eigenvalue weighted by Gasteiger charge is 2.08. The third kappa shape index (κ3) is 1.96. The van der Waals surface area contributed by atoms with Crippen LogP contribution < -0.4 is 4.90 Å². The van der Waals surface area contributed by atoms with E-state index in [9.17, 15) is 4.79 Å². The molecule has 1 aromatic rings. The van der Waals surface area contributed by atoms with Crippen LogP contribution in [-0.2, 0) is 4.79 Å². The zero-order valence-corrected chi connectivity index (χ0v) is 7.95. The van der Waals surface area contributed by atoms with Gasteiger partial charge in [-0.05, 0) is 18.6 Å². The van der Waals surface area contributed by atoms with E-state index in [1.165, 1.54) is 18.0 Å². The van der Waals surface area contributed by atoms with Gasteiger partial charge < -0.3 is 0 Å². The molecule has 0 aliphatic rings. The predicted molar refractivity (Wildman–Crippen MR) is 54.5 cm³/mol. The summed E-state index contributed by atoms with van der Waals surface area (Å²) in [4.78, 5) is 12.7. The van der Waals surface area contributed by atoms with Gasteiger partial charge in [0.25, 0.3) is 0 Å². The third-order valence-electron chi connectivity index (χ3n) is 1.90. The van der Waals surface area contributed by atoms with E-state index >= 15 is 0 Å². The lowest BCUT2D eigenvalue weighted by Gasteiger charge is -2.17. The standard InChI is InChI=1S/C11H13NO/c1-4-12(10(3)13)11-8-6-5-7-9(11)2/h4-8H,1H2,2-3H3. The molecule has 2 heteroatoms. The molecule has 0 aliphatic heterocycles. The zero-order valence-electron chi connectivity index (χ0n) is 7.95. The van der Waals surface area contributed by atoms with Crippen molar-refractivity contribution in [1.82, 2.24) is 0 Å². The molecule has 0 bridgehead atoms. The van der Waals surface area contributed by atoms with E-state index in [1.54, 1.807) is 0 Å². The summed E-state index contributed by atoms with van der Waals surface area (Å²) in [5, 5.41) is 0. The molecule has 0 aliphatic carbocycles. The normalized spacial score (nSPS) is 9.38. The summed E-state index contributed by atoms with van der Waals surface area (Å²) >= 11 is 0. The molecule has 0 saturated heterocycles. The van der Waals surface area contributed by atoms with Gasteiger partial charge in [-0.15, -0.1) is 0 Å². The summed E-state index contributed by atoms with van der Waals surface area (Å²) in [5.41, 5.74) is 1.96. The van der Waals surface area contributed by atoms with Crippen LogP contribution in [0.1, 0.15) is 12.5 Å². The van der Waals surface area contributed by atoms with Crippen molar-refractivity contribution < 1.29 is 4.79 Å². The summed E-state index contributed by atoms with van der Waals surface area (Å²) in [6.07, 6.45) is 1.53. The van der Waals surface area contributed by atoms with Gasteiger partial charge in [0, 0.05) is 13.1 Å². The van der Waals surface area contributed by atoms with Crippen LogP contribution in [0.5, 0.6) is 0 Å². The fourth-order valence-electron chi connectivity index (χ4n) is 1.23. The van der Waals surface area contributed by atoms with E-state index in [2.05, 4.69) is 6.58 Å². The molecule has 0 unspecified atom stereocenters. The Bertz CT molecular complexity index is 331. The highest BCUT2D eigenvalue weighted by Crippen LogP contribution is 2.19. The molecule has 0 radical (unpaired) electrons. The maximum absolute atomic E-state index is 11.2. The lowest BCUT2D eigenvalue weighted by atomic mass is 10.2. The molecule has 0 atom stereocenters.